The van der Waals surface area contributed by atoms with E-state index in [9.17, 15) is 18.8 Å². The highest BCUT2D eigenvalue weighted by Crippen LogP contribution is 2.30. The SMILES string of the molecule is CC[C@@H](C)C(=O)N[C@H](C(=O)N1CCC[C@H]1CN(CCc1ccc(F)cc1)C(=O)c1cn2ccccc2n1)C1CCCCC1. The van der Waals surface area contributed by atoms with E-state index in [1.807, 2.05) is 47.5 Å². The lowest BCUT2D eigenvalue weighted by Crippen LogP contribution is -2.56. The van der Waals surface area contributed by atoms with Crippen LogP contribution in [-0.4, -0.2) is 68.6 Å². The zero-order valence-corrected chi connectivity index (χ0v) is 25.4. The number of amides is 3. The van der Waals surface area contributed by atoms with E-state index < -0.39 is 6.04 Å². The fraction of sp³-hybridized carbons (Fsp3) is 0.529. The third-order valence-corrected chi connectivity index (χ3v) is 9.29. The van der Waals surface area contributed by atoms with Gasteiger partial charge in [-0.25, -0.2) is 9.37 Å². The zero-order chi connectivity index (χ0) is 30.3. The van der Waals surface area contributed by atoms with Crippen LogP contribution < -0.4 is 5.32 Å². The molecule has 1 saturated carbocycles. The van der Waals surface area contributed by atoms with E-state index in [4.69, 9.17) is 0 Å². The van der Waals surface area contributed by atoms with Gasteiger partial charge in [-0.1, -0.05) is 51.3 Å². The molecule has 2 fully saturated rings. The summed E-state index contributed by atoms with van der Waals surface area (Å²) in [4.78, 5) is 49.4. The molecule has 8 nitrogen and oxygen atoms in total. The summed E-state index contributed by atoms with van der Waals surface area (Å²) in [5, 5.41) is 3.15. The number of carbonyl (C=O) groups excluding carboxylic acids is 3. The molecule has 0 spiro atoms. The molecule has 1 saturated heterocycles. The zero-order valence-electron chi connectivity index (χ0n) is 25.4. The maximum absolute atomic E-state index is 14.2. The Morgan fingerprint density at radius 1 is 1.05 bits per heavy atom. The van der Waals surface area contributed by atoms with Crippen molar-refractivity contribution < 1.29 is 18.8 Å². The van der Waals surface area contributed by atoms with Crippen LogP contribution in [-0.2, 0) is 16.0 Å². The van der Waals surface area contributed by atoms with Gasteiger partial charge in [0.15, 0.2) is 0 Å². The van der Waals surface area contributed by atoms with E-state index in [-0.39, 0.29) is 41.4 Å². The molecular formula is C34H44FN5O3. The molecule has 5 rings (SSSR count). The number of nitrogens with zero attached hydrogens (tertiary/aromatic N) is 4. The lowest BCUT2D eigenvalue weighted by atomic mass is 9.83. The lowest BCUT2D eigenvalue weighted by Gasteiger charge is -2.37. The smallest absolute Gasteiger partial charge is 0.274 e. The second-order valence-electron chi connectivity index (χ2n) is 12.2. The minimum absolute atomic E-state index is 0.0234. The molecule has 0 radical (unpaired) electrons. The Hall–Kier alpha value is -3.75. The van der Waals surface area contributed by atoms with Crippen molar-refractivity contribution in [3.63, 3.8) is 0 Å². The third kappa shape index (κ3) is 7.43. The molecule has 3 amide bonds. The summed E-state index contributed by atoms with van der Waals surface area (Å²) in [6, 6.07) is 11.3. The minimum Gasteiger partial charge on any atom is -0.344 e. The number of hydrogen-bond acceptors (Lipinski definition) is 4. The van der Waals surface area contributed by atoms with Crippen molar-refractivity contribution in [3.8, 4) is 0 Å². The van der Waals surface area contributed by atoms with E-state index in [1.54, 1.807) is 23.2 Å². The number of fused-ring (bicyclic) bond motifs is 1. The average Bonchev–Trinajstić information content (AvgIpc) is 3.69. The third-order valence-electron chi connectivity index (χ3n) is 9.29. The van der Waals surface area contributed by atoms with Gasteiger partial charge >= 0.3 is 0 Å². The Kier molecular flexibility index (Phi) is 10.1. The normalized spacial score (nSPS) is 18.9. The van der Waals surface area contributed by atoms with Crippen LogP contribution in [0, 0.1) is 17.7 Å². The van der Waals surface area contributed by atoms with Crippen LogP contribution in [0.4, 0.5) is 4.39 Å². The highest BCUT2D eigenvalue weighted by molar-refractivity contribution is 5.93. The highest BCUT2D eigenvalue weighted by Gasteiger charge is 2.39. The number of carbonyl (C=O) groups is 3. The number of rotatable bonds is 11. The van der Waals surface area contributed by atoms with Gasteiger partial charge in [-0.2, -0.15) is 0 Å². The van der Waals surface area contributed by atoms with Crippen molar-refractivity contribution in [2.75, 3.05) is 19.6 Å². The summed E-state index contributed by atoms with van der Waals surface area (Å²) in [6.45, 7) is 5.28. The molecule has 9 heteroatoms. The molecular weight excluding hydrogens is 545 g/mol. The number of likely N-dealkylation sites (tertiary alicyclic amines) is 1. The van der Waals surface area contributed by atoms with Gasteiger partial charge in [-0.05, 0) is 74.3 Å². The Balaban J connectivity index is 1.36. The monoisotopic (exact) mass is 589 g/mol. The van der Waals surface area contributed by atoms with Gasteiger partial charge in [0.2, 0.25) is 11.8 Å². The van der Waals surface area contributed by atoms with Crippen LogP contribution in [0.3, 0.4) is 0 Å². The first-order valence-electron chi connectivity index (χ1n) is 15.9. The minimum atomic E-state index is -0.538. The molecule has 2 aliphatic rings. The molecule has 230 valence electrons. The van der Waals surface area contributed by atoms with Crippen molar-refractivity contribution in [1.29, 1.82) is 0 Å². The first kappa shape index (κ1) is 30.7. The predicted octanol–water partition coefficient (Wildman–Crippen LogP) is 5.26. The molecule has 0 unspecified atom stereocenters. The van der Waals surface area contributed by atoms with Crippen molar-refractivity contribution in [2.45, 2.75) is 83.7 Å². The fourth-order valence-corrected chi connectivity index (χ4v) is 6.47. The van der Waals surface area contributed by atoms with E-state index in [0.717, 1.165) is 56.9 Å². The van der Waals surface area contributed by atoms with Gasteiger partial charge in [-0.15, -0.1) is 0 Å². The van der Waals surface area contributed by atoms with Crippen LogP contribution >= 0.6 is 0 Å². The largest absolute Gasteiger partial charge is 0.344 e. The van der Waals surface area contributed by atoms with E-state index in [0.29, 0.717) is 37.4 Å². The maximum atomic E-state index is 14.2. The molecule has 3 aromatic rings. The summed E-state index contributed by atoms with van der Waals surface area (Å²) < 4.78 is 15.4. The topological polar surface area (TPSA) is 87.0 Å². The summed E-state index contributed by atoms with van der Waals surface area (Å²) in [7, 11) is 0. The Morgan fingerprint density at radius 2 is 1.81 bits per heavy atom. The number of nitrogens with one attached hydrogen (secondary N) is 1. The number of hydrogen-bond donors (Lipinski definition) is 1. The van der Waals surface area contributed by atoms with Crippen molar-refractivity contribution in [1.82, 2.24) is 24.5 Å². The quantitative estimate of drug-likeness (QED) is 0.331. The van der Waals surface area contributed by atoms with Gasteiger partial charge in [0.1, 0.15) is 23.2 Å². The van der Waals surface area contributed by atoms with Crippen LogP contribution in [0.2, 0.25) is 0 Å². The highest BCUT2D eigenvalue weighted by atomic mass is 19.1. The molecule has 3 heterocycles. The molecule has 1 aliphatic carbocycles. The van der Waals surface area contributed by atoms with E-state index in [2.05, 4.69) is 10.3 Å². The second kappa shape index (κ2) is 14.1. The van der Waals surface area contributed by atoms with E-state index >= 15 is 0 Å². The molecule has 43 heavy (non-hydrogen) atoms. The predicted molar refractivity (Wildman–Crippen MR) is 164 cm³/mol. The summed E-state index contributed by atoms with van der Waals surface area (Å²) in [5.74, 6) is -0.605. The average molecular weight is 590 g/mol. The molecule has 1 aromatic carbocycles. The van der Waals surface area contributed by atoms with Gasteiger partial charge in [0.25, 0.3) is 5.91 Å². The number of pyridine rings is 1. The fourth-order valence-electron chi connectivity index (χ4n) is 6.47. The standard InChI is InChI=1S/C34H44FN5O3/c1-3-24(2)32(41)37-31(26-10-5-4-6-11-26)34(43)40-20-9-12-28(40)22-39(21-18-25-14-16-27(35)17-15-25)33(42)29-23-38-19-8-7-13-30(38)36-29/h7-8,13-17,19,23-24,26,28,31H,3-6,9-12,18,20-22H2,1-2H3,(H,37,41)/t24-,28+,31+/m1/s1. The Morgan fingerprint density at radius 3 is 2.53 bits per heavy atom. The van der Waals surface area contributed by atoms with Crippen molar-refractivity contribution in [2.24, 2.45) is 11.8 Å². The summed E-state index contributed by atoms with van der Waals surface area (Å²) >= 11 is 0. The molecule has 1 N–H and O–H groups in total. The Bertz CT molecular complexity index is 1370. The van der Waals surface area contributed by atoms with E-state index in [1.165, 1.54) is 12.1 Å². The number of benzene rings is 1. The maximum Gasteiger partial charge on any atom is 0.274 e. The van der Waals surface area contributed by atoms with Gasteiger partial charge in [0.05, 0.1) is 0 Å². The van der Waals surface area contributed by atoms with Crippen LogP contribution in [0.15, 0.2) is 54.9 Å². The van der Waals surface area contributed by atoms with Crippen LogP contribution in [0.25, 0.3) is 5.65 Å². The first-order valence-corrected chi connectivity index (χ1v) is 15.9. The molecule has 3 atom stereocenters. The number of aromatic nitrogens is 2. The number of imidazole rings is 1. The van der Waals surface area contributed by atoms with Gasteiger partial charge in [-0.3, -0.25) is 14.4 Å². The van der Waals surface area contributed by atoms with Gasteiger partial charge in [0, 0.05) is 44.0 Å². The van der Waals surface area contributed by atoms with Gasteiger partial charge < -0.3 is 19.5 Å². The second-order valence-corrected chi connectivity index (χ2v) is 12.2. The summed E-state index contributed by atoms with van der Waals surface area (Å²) in [5.41, 5.74) is 1.97. The number of halogens is 1. The Labute approximate surface area is 253 Å². The first-order chi connectivity index (χ1) is 20.8. The van der Waals surface area contributed by atoms with Crippen LogP contribution in [0.1, 0.15) is 81.3 Å². The lowest BCUT2D eigenvalue weighted by molar-refractivity contribution is -0.140. The van der Waals surface area contributed by atoms with Crippen molar-refractivity contribution >= 4 is 23.4 Å². The van der Waals surface area contributed by atoms with Crippen molar-refractivity contribution in [3.05, 3.63) is 71.9 Å². The molecule has 0 bridgehead atoms. The summed E-state index contributed by atoms with van der Waals surface area (Å²) in [6.07, 6.45) is 11.7. The van der Waals surface area contributed by atoms with Crippen LogP contribution in [0.5, 0.6) is 0 Å². The molecule has 2 aromatic heterocycles. The molecule has 1 aliphatic heterocycles.